The Bertz CT molecular complexity index is 1200. The van der Waals surface area contributed by atoms with Crippen LogP contribution < -0.4 is 15.4 Å². The second-order valence-corrected chi connectivity index (χ2v) is 10.8. The average Bonchev–Trinajstić information content (AvgIpc) is 3.40. The average molecular weight is 479 g/mol. The predicted molar refractivity (Wildman–Crippen MR) is 122 cm³/mol. The number of carbonyl (C=O) groups is 1. The summed E-state index contributed by atoms with van der Waals surface area (Å²) in [5.41, 5.74) is 1.87. The summed E-state index contributed by atoms with van der Waals surface area (Å²) in [4.78, 5) is 21.5. The molecule has 0 spiro atoms. The summed E-state index contributed by atoms with van der Waals surface area (Å²) in [6.07, 6.45) is 0. The number of nitrogens with one attached hydrogen (secondary N) is 1. The molecule has 0 radical (unpaired) electrons. The molecule has 0 saturated carbocycles. The summed E-state index contributed by atoms with van der Waals surface area (Å²) in [5, 5.41) is 11.2. The fraction of sp³-hybridized carbons (Fsp3) is 0.300. The number of morpholine rings is 1. The van der Waals surface area contributed by atoms with Gasteiger partial charge in [-0.2, -0.15) is 0 Å². The fourth-order valence-corrected chi connectivity index (χ4v) is 5.44. The summed E-state index contributed by atoms with van der Waals surface area (Å²) in [5.74, 6) is -0.355. The number of aryl methyl sites for hydroxylation is 1. The lowest BCUT2D eigenvalue weighted by molar-refractivity contribution is 0.0949. The molecule has 4 rings (SSSR count). The Morgan fingerprint density at radius 2 is 2.03 bits per heavy atom. The number of anilines is 1. The Labute approximate surface area is 188 Å². The highest BCUT2D eigenvalue weighted by Crippen LogP contribution is 2.29. The zero-order chi connectivity index (χ0) is 22.0. The van der Waals surface area contributed by atoms with Crippen molar-refractivity contribution in [3.8, 4) is 10.6 Å². The molecule has 2 aromatic heterocycles. The van der Waals surface area contributed by atoms with E-state index in [9.17, 15) is 13.2 Å². The van der Waals surface area contributed by atoms with E-state index in [0.717, 1.165) is 20.5 Å². The lowest BCUT2D eigenvalue weighted by atomic mass is 10.1. The first kappa shape index (κ1) is 21.9. The largest absolute Gasteiger partial charge is 0.378 e. The highest BCUT2D eigenvalue weighted by molar-refractivity contribution is 7.89. The van der Waals surface area contributed by atoms with Crippen molar-refractivity contribution in [2.24, 2.45) is 5.14 Å². The molecule has 3 heterocycles. The van der Waals surface area contributed by atoms with Gasteiger partial charge in [0.25, 0.3) is 5.91 Å². The molecule has 0 bridgehead atoms. The third-order valence-corrected chi connectivity index (χ3v) is 7.64. The van der Waals surface area contributed by atoms with Gasteiger partial charge in [-0.05, 0) is 37.3 Å². The number of ether oxygens (including phenoxy) is 1. The van der Waals surface area contributed by atoms with Crippen LogP contribution in [0.1, 0.15) is 20.2 Å². The van der Waals surface area contributed by atoms with Crippen molar-refractivity contribution < 1.29 is 17.9 Å². The number of sulfonamides is 1. The molecule has 1 saturated heterocycles. The van der Waals surface area contributed by atoms with Crippen LogP contribution in [-0.2, 0) is 21.3 Å². The number of benzene rings is 1. The number of thiophene rings is 1. The minimum absolute atomic E-state index is 0.0908. The molecule has 31 heavy (non-hydrogen) atoms. The van der Waals surface area contributed by atoms with Crippen LogP contribution in [0.15, 0.2) is 40.6 Å². The summed E-state index contributed by atoms with van der Waals surface area (Å²) in [6.45, 7) is 4.63. The molecule has 1 amide bonds. The van der Waals surface area contributed by atoms with E-state index in [1.54, 1.807) is 28.7 Å². The third kappa shape index (κ3) is 5.13. The minimum atomic E-state index is -3.93. The van der Waals surface area contributed by atoms with Gasteiger partial charge in [0, 0.05) is 29.0 Å². The molecule has 0 atom stereocenters. The Morgan fingerprint density at radius 3 is 2.71 bits per heavy atom. The summed E-state index contributed by atoms with van der Waals surface area (Å²) >= 11 is 3.16. The van der Waals surface area contributed by atoms with Crippen LogP contribution in [0.5, 0.6) is 0 Å². The molecule has 0 aliphatic carbocycles. The zero-order valence-corrected chi connectivity index (χ0v) is 19.3. The minimum Gasteiger partial charge on any atom is -0.378 e. The highest BCUT2D eigenvalue weighted by atomic mass is 32.2. The third-order valence-electron chi connectivity index (χ3n) is 4.85. The van der Waals surface area contributed by atoms with Crippen molar-refractivity contribution in [1.29, 1.82) is 0 Å². The molecule has 3 N–H and O–H groups in total. The summed E-state index contributed by atoms with van der Waals surface area (Å²) in [6, 6.07) is 8.35. The van der Waals surface area contributed by atoms with E-state index in [1.165, 1.54) is 12.1 Å². The normalized spacial score (nSPS) is 14.6. The van der Waals surface area contributed by atoms with Crippen LogP contribution in [0.25, 0.3) is 10.6 Å². The van der Waals surface area contributed by atoms with Gasteiger partial charge >= 0.3 is 0 Å². The van der Waals surface area contributed by atoms with Crippen molar-refractivity contribution in [1.82, 2.24) is 10.3 Å². The van der Waals surface area contributed by atoms with Gasteiger partial charge in [0.2, 0.25) is 10.0 Å². The van der Waals surface area contributed by atoms with Crippen molar-refractivity contribution >= 4 is 44.3 Å². The molecule has 0 unspecified atom stereocenters. The van der Waals surface area contributed by atoms with E-state index in [4.69, 9.17) is 9.88 Å². The van der Waals surface area contributed by atoms with E-state index in [-0.39, 0.29) is 16.4 Å². The van der Waals surface area contributed by atoms with Gasteiger partial charge in [-0.15, -0.1) is 22.7 Å². The van der Waals surface area contributed by atoms with E-state index in [1.807, 2.05) is 29.3 Å². The van der Waals surface area contributed by atoms with Gasteiger partial charge in [0.05, 0.1) is 45.8 Å². The number of aromatic nitrogens is 1. The van der Waals surface area contributed by atoms with Crippen molar-refractivity contribution in [2.45, 2.75) is 18.4 Å². The standard InChI is InChI=1S/C20H22N4O4S3/c1-13-23-17(12-29-13)19-5-2-14(30-19)11-22-20(25)16-10-15(31(21,26)27)3-4-18(16)24-6-8-28-9-7-24/h2-5,10,12H,6-9,11H2,1H3,(H,22,25)(H2,21,26,27). The number of primary sulfonamides is 1. The zero-order valence-electron chi connectivity index (χ0n) is 16.8. The quantitative estimate of drug-likeness (QED) is 0.563. The molecule has 164 valence electrons. The first-order chi connectivity index (χ1) is 14.8. The van der Waals surface area contributed by atoms with Crippen LogP contribution in [0, 0.1) is 6.92 Å². The number of thiazole rings is 1. The maximum atomic E-state index is 13.0. The molecule has 1 aliphatic heterocycles. The first-order valence-electron chi connectivity index (χ1n) is 9.60. The van der Waals surface area contributed by atoms with Crippen LogP contribution in [0.2, 0.25) is 0 Å². The van der Waals surface area contributed by atoms with Gasteiger partial charge in [0.15, 0.2) is 0 Å². The van der Waals surface area contributed by atoms with Gasteiger partial charge in [-0.25, -0.2) is 18.5 Å². The maximum Gasteiger partial charge on any atom is 0.253 e. The van der Waals surface area contributed by atoms with Crippen molar-refractivity contribution in [3.63, 3.8) is 0 Å². The summed E-state index contributed by atoms with van der Waals surface area (Å²) in [7, 11) is -3.93. The second-order valence-electron chi connectivity index (χ2n) is 7.02. The first-order valence-corrected chi connectivity index (χ1v) is 12.8. The van der Waals surface area contributed by atoms with Gasteiger partial charge in [-0.3, -0.25) is 4.79 Å². The highest BCUT2D eigenvalue weighted by Gasteiger charge is 2.22. The second kappa shape index (κ2) is 9.05. The van der Waals surface area contributed by atoms with Gasteiger partial charge in [-0.1, -0.05) is 0 Å². The number of rotatable bonds is 6. The molecule has 1 aromatic carbocycles. The molecule has 8 nitrogen and oxygen atoms in total. The molecule has 3 aromatic rings. The predicted octanol–water partition coefficient (Wildman–Crippen LogP) is 2.59. The number of carbonyl (C=O) groups excluding carboxylic acids is 1. The Kier molecular flexibility index (Phi) is 6.39. The van der Waals surface area contributed by atoms with Crippen LogP contribution in [-0.4, -0.2) is 45.6 Å². The van der Waals surface area contributed by atoms with E-state index in [2.05, 4.69) is 10.3 Å². The molecule has 1 aliphatic rings. The Hall–Kier alpha value is -2.31. The van der Waals surface area contributed by atoms with Gasteiger partial charge in [0.1, 0.15) is 0 Å². The fourth-order valence-electron chi connectivity index (χ4n) is 3.30. The number of hydrogen-bond acceptors (Lipinski definition) is 8. The van der Waals surface area contributed by atoms with Crippen molar-refractivity contribution in [3.05, 3.63) is 51.2 Å². The molecular weight excluding hydrogens is 456 g/mol. The monoisotopic (exact) mass is 478 g/mol. The van der Waals surface area contributed by atoms with E-state index in [0.29, 0.717) is 38.5 Å². The Balaban J connectivity index is 1.54. The number of hydrogen-bond donors (Lipinski definition) is 2. The van der Waals surface area contributed by atoms with Crippen LogP contribution in [0.4, 0.5) is 5.69 Å². The van der Waals surface area contributed by atoms with Crippen molar-refractivity contribution in [2.75, 3.05) is 31.2 Å². The lowest BCUT2D eigenvalue weighted by Gasteiger charge is -2.30. The summed E-state index contributed by atoms with van der Waals surface area (Å²) < 4.78 is 29.0. The topological polar surface area (TPSA) is 115 Å². The van der Waals surface area contributed by atoms with Crippen LogP contribution >= 0.6 is 22.7 Å². The smallest absolute Gasteiger partial charge is 0.253 e. The molecule has 11 heteroatoms. The number of nitrogens with two attached hydrogens (primary N) is 1. The van der Waals surface area contributed by atoms with E-state index < -0.39 is 10.0 Å². The van der Waals surface area contributed by atoms with Gasteiger partial charge < -0.3 is 15.0 Å². The molecule has 1 fully saturated rings. The number of amides is 1. The SMILES string of the molecule is Cc1nc(-c2ccc(CNC(=O)c3cc(S(N)(=O)=O)ccc3N3CCOCC3)s2)cs1. The van der Waals surface area contributed by atoms with Crippen LogP contribution in [0.3, 0.4) is 0 Å². The Morgan fingerprint density at radius 1 is 1.26 bits per heavy atom. The van der Waals surface area contributed by atoms with E-state index >= 15 is 0 Å². The maximum absolute atomic E-state index is 13.0. The number of nitrogens with zero attached hydrogens (tertiary/aromatic N) is 2. The molecular formula is C20H22N4O4S3. The lowest BCUT2D eigenvalue weighted by Crippen LogP contribution is -2.38.